The monoisotopic (exact) mass is 505 g/mol. The third kappa shape index (κ3) is 6.04. The second-order valence-electron chi connectivity index (χ2n) is 10.1. The van der Waals surface area contributed by atoms with Crippen molar-refractivity contribution in [2.75, 3.05) is 20.8 Å². The van der Waals surface area contributed by atoms with Gasteiger partial charge in [0.2, 0.25) is 0 Å². The van der Waals surface area contributed by atoms with Gasteiger partial charge in [0.15, 0.2) is 18.1 Å². The second-order valence-corrected chi connectivity index (χ2v) is 10.1. The summed E-state index contributed by atoms with van der Waals surface area (Å²) in [5.41, 5.74) is 2.29. The van der Waals surface area contributed by atoms with Gasteiger partial charge in [0, 0.05) is 10.9 Å². The summed E-state index contributed by atoms with van der Waals surface area (Å²) in [6, 6.07) is 14.5. The summed E-state index contributed by atoms with van der Waals surface area (Å²) in [6.07, 6.45) is 2.88. The molecule has 7 nitrogen and oxygen atoms in total. The molecule has 0 spiro atoms. The predicted octanol–water partition coefficient (Wildman–Crippen LogP) is 6.08. The molecule has 2 aromatic carbocycles. The zero-order chi connectivity index (χ0) is 26.5. The van der Waals surface area contributed by atoms with E-state index >= 15 is 0 Å². The Hall–Kier alpha value is -3.61. The molecular weight excluding hydrogens is 470 g/mol. The molecule has 0 aliphatic heterocycles. The van der Waals surface area contributed by atoms with Gasteiger partial charge >= 0.3 is 11.9 Å². The van der Waals surface area contributed by atoms with Gasteiger partial charge in [-0.3, -0.25) is 0 Å². The van der Waals surface area contributed by atoms with E-state index in [9.17, 15) is 9.59 Å². The Kier molecular flexibility index (Phi) is 8.31. The number of fused-ring (bicyclic) bond motifs is 1. The first-order valence-electron chi connectivity index (χ1n) is 12.8. The number of methoxy groups -OCH3 is 2. The number of nitrogens with zero attached hydrogens (tertiary/aromatic N) is 1. The maximum Gasteiger partial charge on any atom is 0.344 e. The summed E-state index contributed by atoms with van der Waals surface area (Å²) in [6.45, 7) is 6.07. The summed E-state index contributed by atoms with van der Waals surface area (Å²) in [4.78, 5) is 30.6. The Morgan fingerprint density at radius 3 is 2.49 bits per heavy atom. The number of para-hydroxylation sites is 1. The molecule has 3 atom stereocenters. The quantitative estimate of drug-likeness (QED) is 0.343. The van der Waals surface area contributed by atoms with Gasteiger partial charge in [-0.1, -0.05) is 45.4 Å². The molecule has 37 heavy (non-hydrogen) atoms. The van der Waals surface area contributed by atoms with Crippen LogP contribution in [0.15, 0.2) is 48.5 Å². The van der Waals surface area contributed by atoms with Crippen LogP contribution in [0, 0.1) is 17.8 Å². The molecule has 1 fully saturated rings. The highest BCUT2D eigenvalue weighted by molar-refractivity contribution is 6.05. The number of carbonyl (C=O) groups excluding carboxylic acids is 2. The fourth-order valence-corrected chi connectivity index (χ4v) is 5.14. The van der Waals surface area contributed by atoms with Gasteiger partial charge in [0.25, 0.3) is 0 Å². The van der Waals surface area contributed by atoms with Crippen LogP contribution in [-0.2, 0) is 14.3 Å². The third-order valence-electron chi connectivity index (χ3n) is 7.18. The largest absolute Gasteiger partial charge is 0.493 e. The zero-order valence-corrected chi connectivity index (χ0v) is 22.2. The smallest absolute Gasteiger partial charge is 0.344 e. The molecule has 0 unspecified atom stereocenters. The minimum atomic E-state index is -0.602. The van der Waals surface area contributed by atoms with Crippen LogP contribution in [0.4, 0.5) is 0 Å². The molecular formula is C30H35NO6. The van der Waals surface area contributed by atoms with E-state index in [0.29, 0.717) is 51.4 Å². The van der Waals surface area contributed by atoms with Crippen LogP contribution in [0.1, 0.15) is 50.4 Å². The highest BCUT2D eigenvalue weighted by Gasteiger charge is 2.33. The Bertz CT molecular complexity index is 1270. The van der Waals surface area contributed by atoms with Gasteiger partial charge in [-0.05, 0) is 60.9 Å². The highest BCUT2D eigenvalue weighted by atomic mass is 16.6. The highest BCUT2D eigenvalue weighted by Crippen LogP contribution is 2.36. The van der Waals surface area contributed by atoms with Crippen molar-refractivity contribution in [3.8, 4) is 22.8 Å². The van der Waals surface area contributed by atoms with E-state index in [2.05, 4.69) is 20.8 Å². The third-order valence-corrected chi connectivity index (χ3v) is 7.18. The fraction of sp³-hybridized carbons (Fsp3) is 0.433. The molecule has 0 N–H and O–H groups in total. The van der Waals surface area contributed by atoms with E-state index in [1.807, 2.05) is 30.3 Å². The van der Waals surface area contributed by atoms with Crippen molar-refractivity contribution >= 4 is 22.8 Å². The van der Waals surface area contributed by atoms with Crippen molar-refractivity contribution in [2.24, 2.45) is 17.8 Å². The van der Waals surface area contributed by atoms with Gasteiger partial charge in [-0.15, -0.1) is 0 Å². The summed E-state index contributed by atoms with van der Waals surface area (Å²) >= 11 is 0. The van der Waals surface area contributed by atoms with Crippen LogP contribution in [0.3, 0.4) is 0 Å². The average molecular weight is 506 g/mol. The lowest BCUT2D eigenvalue weighted by atomic mass is 9.75. The SMILES string of the molecule is COc1ccc(-c2cc(C(=O)OCC(=O)O[C@H]3C[C@H](C)CC[C@@H]3C(C)C)c3ccccc3n2)cc1OC. The van der Waals surface area contributed by atoms with E-state index in [4.69, 9.17) is 23.9 Å². The van der Waals surface area contributed by atoms with Gasteiger partial charge < -0.3 is 18.9 Å². The lowest BCUT2D eigenvalue weighted by Crippen LogP contribution is -2.36. The Balaban J connectivity index is 1.54. The van der Waals surface area contributed by atoms with E-state index in [1.165, 1.54) is 0 Å². The van der Waals surface area contributed by atoms with Crippen molar-refractivity contribution in [3.05, 3.63) is 54.1 Å². The van der Waals surface area contributed by atoms with Gasteiger partial charge in [0.1, 0.15) is 6.10 Å². The zero-order valence-electron chi connectivity index (χ0n) is 22.2. The number of benzene rings is 2. The molecule has 0 amide bonds. The number of carbonyl (C=O) groups is 2. The van der Waals surface area contributed by atoms with E-state index < -0.39 is 18.5 Å². The molecule has 7 heteroatoms. The number of pyridine rings is 1. The second kappa shape index (κ2) is 11.6. The Morgan fingerprint density at radius 2 is 1.76 bits per heavy atom. The normalized spacial score (nSPS) is 19.5. The number of hydrogen-bond donors (Lipinski definition) is 0. The first kappa shape index (κ1) is 26.5. The standard InChI is InChI=1S/C30H35NO6/c1-18(2)21-12-10-19(3)14-27(21)37-29(32)17-36-30(33)23-16-25(31-24-9-7-6-8-22(23)24)20-11-13-26(34-4)28(15-20)35-5/h6-9,11,13,15-16,18-19,21,27H,10,12,14,17H2,1-5H3/t19-,21-,27+/m1/s1. The molecule has 1 heterocycles. The molecule has 1 aliphatic carbocycles. The first-order valence-corrected chi connectivity index (χ1v) is 12.8. The molecule has 1 aliphatic rings. The lowest BCUT2D eigenvalue weighted by molar-refractivity contribution is -0.159. The number of hydrogen-bond acceptors (Lipinski definition) is 7. The van der Waals surface area contributed by atoms with Gasteiger partial charge in [-0.25, -0.2) is 14.6 Å². The minimum Gasteiger partial charge on any atom is -0.493 e. The van der Waals surface area contributed by atoms with Crippen molar-refractivity contribution in [1.29, 1.82) is 0 Å². The van der Waals surface area contributed by atoms with Crippen LogP contribution in [0.5, 0.6) is 11.5 Å². The van der Waals surface area contributed by atoms with Crippen LogP contribution in [0.25, 0.3) is 22.2 Å². The Labute approximate surface area is 218 Å². The molecule has 0 radical (unpaired) electrons. The summed E-state index contributed by atoms with van der Waals surface area (Å²) in [7, 11) is 3.14. The molecule has 0 saturated heterocycles. The maximum absolute atomic E-state index is 13.2. The minimum absolute atomic E-state index is 0.145. The van der Waals surface area contributed by atoms with Crippen LogP contribution >= 0.6 is 0 Å². The summed E-state index contributed by atoms with van der Waals surface area (Å²) in [5.74, 6) is 1.28. The van der Waals surface area contributed by atoms with E-state index in [0.717, 1.165) is 24.8 Å². The number of aromatic nitrogens is 1. The van der Waals surface area contributed by atoms with Crippen molar-refractivity contribution in [2.45, 2.75) is 46.1 Å². The fourth-order valence-electron chi connectivity index (χ4n) is 5.14. The predicted molar refractivity (Wildman–Crippen MR) is 142 cm³/mol. The van der Waals surface area contributed by atoms with E-state index in [1.54, 1.807) is 32.4 Å². The van der Waals surface area contributed by atoms with Gasteiger partial charge in [-0.2, -0.15) is 0 Å². The molecule has 3 aromatic rings. The number of esters is 2. The average Bonchev–Trinajstić information content (AvgIpc) is 2.90. The van der Waals surface area contributed by atoms with Crippen molar-refractivity contribution in [1.82, 2.24) is 4.98 Å². The molecule has 4 rings (SSSR count). The van der Waals surface area contributed by atoms with Crippen LogP contribution in [0.2, 0.25) is 0 Å². The topological polar surface area (TPSA) is 84.0 Å². The van der Waals surface area contributed by atoms with Crippen molar-refractivity contribution in [3.63, 3.8) is 0 Å². The van der Waals surface area contributed by atoms with Crippen LogP contribution in [-0.4, -0.2) is 43.9 Å². The Morgan fingerprint density at radius 1 is 1.00 bits per heavy atom. The molecule has 1 saturated carbocycles. The lowest BCUT2D eigenvalue weighted by Gasteiger charge is -2.36. The first-order chi connectivity index (χ1) is 17.8. The maximum atomic E-state index is 13.2. The number of rotatable bonds is 8. The molecule has 196 valence electrons. The van der Waals surface area contributed by atoms with Crippen LogP contribution < -0.4 is 9.47 Å². The number of ether oxygens (including phenoxy) is 4. The summed E-state index contributed by atoms with van der Waals surface area (Å²) in [5, 5.41) is 0.645. The van der Waals surface area contributed by atoms with Crippen molar-refractivity contribution < 1.29 is 28.5 Å². The van der Waals surface area contributed by atoms with E-state index in [-0.39, 0.29) is 6.10 Å². The molecule has 0 bridgehead atoms. The summed E-state index contributed by atoms with van der Waals surface area (Å²) < 4.78 is 22.0. The van der Waals surface area contributed by atoms with Gasteiger partial charge in [0.05, 0.1) is 31.0 Å². The molecule has 1 aromatic heterocycles.